The Kier molecular flexibility index (Phi) is 4.71. The molecule has 1 heterocycles. The monoisotopic (exact) mass is 347 g/mol. The number of aromatic nitrogens is 2. The molecule has 0 saturated heterocycles. The highest BCUT2D eigenvalue weighted by molar-refractivity contribution is 6.34. The third kappa shape index (κ3) is 4.26. The minimum atomic E-state index is -0.356. The number of amides is 3. The smallest absolute Gasteiger partial charge is 0.319 e. The maximum atomic E-state index is 12.0. The lowest BCUT2D eigenvalue weighted by Crippen LogP contribution is -2.28. The highest BCUT2D eigenvalue weighted by Crippen LogP contribution is 2.24. The van der Waals surface area contributed by atoms with Gasteiger partial charge in [0.2, 0.25) is 0 Å². The topological polar surface area (TPSA) is 88.0 Å². The van der Waals surface area contributed by atoms with E-state index in [1.165, 1.54) is 0 Å². The first-order valence-corrected chi connectivity index (χ1v) is 8.02. The quantitative estimate of drug-likeness (QED) is 0.775. The molecule has 3 N–H and O–H groups in total. The van der Waals surface area contributed by atoms with Crippen LogP contribution in [0.25, 0.3) is 0 Å². The molecule has 1 aromatic heterocycles. The van der Waals surface area contributed by atoms with E-state index in [1.54, 1.807) is 29.1 Å². The third-order valence-corrected chi connectivity index (χ3v) is 3.91. The summed E-state index contributed by atoms with van der Waals surface area (Å²) in [5, 5.41) is 12.6. The van der Waals surface area contributed by atoms with E-state index in [9.17, 15) is 9.59 Å². The Balaban J connectivity index is 1.55. The lowest BCUT2D eigenvalue weighted by molar-refractivity contribution is 0.0951. The predicted octanol–water partition coefficient (Wildman–Crippen LogP) is 2.29. The molecule has 0 atom stereocenters. The number of anilines is 1. The van der Waals surface area contributed by atoms with Gasteiger partial charge in [0.15, 0.2) is 0 Å². The van der Waals surface area contributed by atoms with Crippen LogP contribution in [0.5, 0.6) is 0 Å². The van der Waals surface area contributed by atoms with Crippen LogP contribution in [0.1, 0.15) is 28.8 Å². The molecule has 3 amide bonds. The van der Waals surface area contributed by atoms with Crippen LogP contribution >= 0.6 is 11.6 Å². The molecule has 1 aliphatic rings. The van der Waals surface area contributed by atoms with E-state index in [-0.39, 0.29) is 18.0 Å². The first-order valence-electron chi connectivity index (χ1n) is 7.64. The van der Waals surface area contributed by atoms with Gasteiger partial charge in [-0.05, 0) is 31.0 Å². The molecule has 1 aliphatic carbocycles. The van der Waals surface area contributed by atoms with Gasteiger partial charge >= 0.3 is 6.03 Å². The van der Waals surface area contributed by atoms with E-state index in [0.29, 0.717) is 22.8 Å². The van der Waals surface area contributed by atoms with Crippen LogP contribution in [-0.4, -0.2) is 27.8 Å². The van der Waals surface area contributed by atoms with Crippen molar-refractivity contribution < 1.29 is 9.59 Å². The molecule has 1 fully saturated rings. The van der Waals surface area contributed by atoms with Gasteiger partial charge in [0.25, 0.3) is 5.91 Å². The van der Waals surface area contributed by atoms with Crippen LogP contribution < -0.4 is 16.0 Å². The minimum Gasteiger partial charge on any atom is -0.349 e. The number of rotatable bonds is 5. The second-order valence-electron chi connectivity index (χ2n) is 5.77. The molecular formula is C16H18ClN5O2. The molecule has 8 heteroatoms. The fraction of sp³-hybridized carbons (Fsp3) is 0.312. The second-order valence-corrected chi connectivity index (χ2v) is 6.18. The summed E-state index contributed by atoms with van der Waals surface area (Å²) in [6, 6.07) is 4.73. The van der Waals surface area contributed by atoms with Gasteiger partial charge in [-0.3, -0.25) is 9.48 Å². The van der Waals surface area contributed by atoms with E-state index >= 15 is 0 Å². The van der Waals surface area contributed by atoms with Crippen molar-refractivity contribution in [3.8, 4) is 0 Å². The highest BCUT2D eigenvalue weighted by atomic mass is 35.5. The molecule has 0 unspecified atom stereocenters. The Hall–Kier alpha value is -2.54. The summed E-state index contributed by atoms with van der Waals surface area (Å²) in [6.45, 7) is 0.370. The number of hydrogen-bond acceptors (Lipinski definition) is 3. The number of nitrogens with zero attached hydrogens (tertiary/aromatic N) is 2. The van der Waals surface area contributed by atoms with Gasteiger partial charge in [0, 0.05) is 37.1 Å². The van der Waals surface area contributed by atoms with E-state index < -0.39 is 0 Å². The number of carbonyl (C=O) groups excluding carboxylic acids is 2. The standard InChI is InChI=1S/C16H18ClN5O2/c1-22-9-10(8-19-22)7-18-16(24)21-12-4-5-13(14(17)6-12)15(23)20-11-2-3-11/h4-6,8-9,11H,2-3,7H2,1H3,(H,20,23)(H2,18,21,24). The molecule has 24 heavy (non-hydrogen) atoms. The van der Waals surface area contributed by atoms with Gasteiger partial charge in [-0.2, -0.15) is 5.10 Å². The second kappa shape index (κ2) is 6.92. The average molecular weight is 348 g/mol. The van der Waals surface area contributed by atoms with Gasteiger partial charge in [0.1, 0.15) is 0 Å². The normalized spacial score (nSPS) is 13.4. The fourth-order valence-electron chi connectivity index (χ4n) is 2.19. The van der Waals surface area contributed by atoms with Crippen molar-refractivity contribution in [2.24, 2.45) is 7.05 Å². The Morgan fingerprint density at radius 1 is 1.38 bits per heavy atom. The summed E-state index contributed by atoms with van der Waals surface area (Å²) in [5.41, 5.74) is 1.83. The maximum absolute atomic E-state index is 12.0. The first-order chi connectivity index (χ1) is 11.5. The van der Waals surface area contributed by atoms with Crippen molar-refractivity contribution >= 4 is 29.2 Å². The fourth-order valence-corrected chi connectivity index (χ4v) is 2.45. The molecule has 2 aromatic rings. The molecule has 0 radical (unpaired) electrons. The first kappa shape index (κ1) is 16.3. The van der Waals surface area contributed by atoms with Crippen molar-refractivity contribution in [2.75, 3.05) is 5.32 Å². The zero-order valence-corrected chi connectivity index (χ0v) is 13.9. The van der Waals surface area contributed by atoms with Gasteiger partial charge in [0.05, 0.1) is 16.8 Å². The largest absolute Gasteiger partial charge is 0.349 e. The summed E-state index contributed by atoms with van der Waals surface area (Å²) in [7, 11) is 1.81. The van der Waals surface area contributed by atoms with Crippen LogP contribution in [0.15, 0.2) is 30.6 Å². The van der Waals surface area contributed by atoms with Crippen molar-refractivity contribution in [1.82, 2.24) is 20.4 Å². The Labute approximate surface area is 144 Å². The van der Waals surface area contributed by atoms with E-state index in [2.05, 4.69) is 21.0 Å². The van der Waals surface area contributed by atoms with Gasteiger partial charge in [-0.25, -0.2) is 4.79 Å². The lowest BCUT2D eigenvalue weighted by Gasteiger charge is -2.10. The number of halogens is 1. The van der Waals surface area contributed by atoms with E-state index in [4.69, 9.17) is 11.6 Å². The molecule has 126 valence electrons. The number of urea groups is 1. The predicted molar refractivity (Wildman–Crippen MR) is 91.0 cm³/mol. The summed E-state index contributed by atoms with van der Waals surface area (Å²) < 4.78 is 1.67. The number of hydrogen-bond donors (Lipinski definition) is 3. The van der Waals surface area contributed by atoms with E-state index in [0.717, 1.165) is 18.4 Å². The molecule has 0 spiro atoms. The summed E-state index contributed by atoms with van der Waals surface area (Å²) in [5.74, 6) is -0.185. The Morgan fingerprint density at radius 3 is 2.79 bits per heavy atom. The summed E-state index contributed by atoms with van der Waals surface area (Å²) in [4.78, 5) is 23.9. The number of aryl methyl sites for hydroxylation is 1. The molecule has 1 saturated carbocycles. The van der Waals surface area contributed by atoms with Crippen molar-refractivity contribution in [1.29, 1.82) is 0 Å². The minimum absolute atomic E-state index is 0.185. The van der Waals surface area contributed by atoms with E-state index in [1.807, 2.05) is 13.2 Å². The van der Waals surface area contributed by atoms with Crippen LogP contribution in [0.3, 0.4) is 0 Å². The third-order valence-electron chi connectivity index (χ3n) is 3.60. The summed E-state index contributed by atoms with van der Waals surface area (Å²) in [6.07, 6.45) is 5.54. The van der Waals surface area contributed by atoms with Gasteiger partial charge in [-0.15, -0.1) is 0 Å². The summed E-state index contributed by atoms with van der Waals surface area (Å²) >= 11 is 6.14. The highest BCUT2D eigenvalue weighted by Gasteiger charge is 2.24. The molecule has 3 rings (SSSR count). The zero-order valence-electron chi connectivity index (χ0n) is 13.2. The molecule has 0 bridgehead atoms. The van der Waals surface area contributed by atoms with Crippen LogP contribution in [0.4, 0.5) is 10.5 Å². The van der Waals surface area contributed by atoms with Crippen LogP contribution in [0.2, 0.25) is 5.02 Å². The SMILES string of the molecule is Cn1cc(CNC(=O)Nc2ccc(C(=O)NC3CC3)c(Cl)c2)cn1. The molecule has 0 aliphatic heterocycles. The zero-order chi connectivity index (χ0) is 17.1. The van der Waals surface area contributed by atoms with Crippen LogP contribution in [-0.2, 0) is 13.6 Å². The van der Waals surface area contributed by atoms with Gasteiger partial charge in [-0.1, -0.05) is 11.6 Å². The van der Waals surface area contributed by atoms with Crippen molar-refractivity contribution in [3.63, 3.8) is 0 Å². The number of benzene rings is 1. The maximum Gasteiger partial charge on any atom is 0.319 e. The number of carbonyl (C=O) groups is 2. The van der Waals surface area contributed by atoms with Crippen molar-refractivity contribution in [3.05, 3.63) is 46.7 Å². The molecule has 1 aromatic carbocycles. The molecular weight excluding hydrogens is 330 g/mol. The van der Waals surface area contributed by atoms with Gasteiger partial charge < -0.3 is 16.0 Å². The number of nitrogens with one attached hydrogen (secondary N) is 3. The Bertz CT molecular complexity index is 770. The van der Waals surface area contributed by atoms with Crippen molar-refractivity contribution in [2.45, 2.75) is 25.4 Å². The lowest BCUT2D eigenvalue weighted by atomic mass is 10.2. The Morgan fingerprint density at radius 2 is 2.17 bits per heavy atom. The average Bonchev–Trinajstić information content (AvgIpc) is 3.24. The molecule has 7 nitrogen and oxygen atoms in total. The van der Waals surface area contributed by atoms with Crippen LogP contribution in [0, 0.1) is 0 Å².